The quantitative estimate of drug-likeness (QED) is 0.944. The molecule has 2 heterocycles. The van der Waals surface area contributed by atoms with E-state index in [1.807, 2.05) is 23.2 Å². The summed E-state index contributed by atoms with van der Waals surface area (Å²) in [5.74, 6) is 0.161. The van der Waals surface area contributed by atoms with Crippen molar-refractivity contribution in [1.82, 2.24) is 9.88 Å². The predicted octanol–water partition coefficient (Wildman–Crippen LogP) is 2.59. The molecule has 1 aromatic heterocycles. The first-order chi connectivity index (χ1) is 10.1. The third-order valence-corrected chi connectivity index (χ3v) is 4.82. The van der Waals surface area contributed by atoms with Crippen LogP contribution < -0.4 is 0 Å². The number of hydrogen-bond acceptors (Lipinski definition) is 3. The minimum Gasteiger partial charge on any atom is -0.361 e. The molecule has 1 amide bonds. The van der Waals surface area contributed by atoms with Crippen molar-refractivity contribution in [1.29, 1.82) is 0 Å². The molecule has 0 spiro atoms. The standard InChI is InChI=1S/C16H18N2O2S/c1-11(19)21-13-8-16(20)18(10-13)7-6-12-9-17-15-5-3-2-4-14(12)15/h2-5,9,13,17H,6-8,10H2,1H3. The van der Waals surface area contributed by atoms with Crippen LogP contribution in [0.1, 0.15) is 18.9 Å². The Labute approximate surface area is 127 Å². The number of amides is 1. The molecule has 1 fully saturated rings. The van der Waals surface area contributed by atoms with Crippen molar-refractivity contribution in [3.63, 3.8) is 0 Å². The summed E-state index contributed by atoms with van der Waals surface area (Å²) in [5, 5.41) is 1.43. The van der Waals surface area contributed by atoms with E-state index in [1.54, 1.807) is 6.92 Å². The van der Waals surface area contributed by atoms with Crippen molar-refractivity contribution in [3.05, 3.63) is 36.0 Å². The minimum absolute atomic E-state index is 0.0891. The van der Waals surface area contributed by atoms with Crippen molar-refractivity contribution in [2.24, 2.45) is 0 Å². The molecule has 21 heavy (non-hydrogen) atoms. The van der Waals surface area contributed by atoms with Crippen LogP contribution in [0.25, 0.3) is 10.9 Å². The van der Waals surface area contributed by atoms with Gasteiger partial charge in [-0.2, -0.15) is 0 Å². The smallest absolute Gasteiger partial charge is 0.223 e. The minimum atomic E-state index is 0.0891. The molecule has 110 valence electrons. The number of benzene rings is 1. The van der Waals surface area contributed by atoms with Crippen molar-refractivity contribution in [2.75, 3.05) is 13.1 Å². The molecule has 1 unspecified atom stereocenters. The summed E-state index contributed by atoms with van der Waals surface area (Å²) in [4.78, 5) is 28.3. The molecule has 1 atom stereocenters. The zero-order valence-corrected chi connectivity index (χ0v) is 12.8. The van der Waals surface area contributed by atoms with Gasteiger partial charge in [-0.15, -0.1) is 0 Å². The van der Waals surface area contributed by atoms with E-state index in [9.17, 15) is 9.59 Å². The van der Waals surface area contributed by atoms with Gasteiger partial charge >= 0.3 is 0 Å². The lowest BCUT2D eigenvalue weighted by atomic mass is 10.1. The van der Waals surface area contributed by atoms with Crippen LogP contribution in [0.5, 0.6) is 0 Å². The zero-order valence-electron chi connectivity index (χ0n) is 12.0. The molecule has 1 saturated heterocycles. The molecule has 0 aliphatic carbocycles. The number of likely N-dealkylation sites (tertiary alicyclic amines) is 1. The third kappa shape index (κ3) is 3.13. The summed E-state index contributed by atoms with van der Waals surface area (Å²) in [5.41, 5.74) is 2.37. The summed E-state index contributed by atoms with van der Waals surface area (Å²) in [6.45, 7) is 2.96. The van der Waals surface area contributed by atoms with Gasteiger partial charge in [-0.05, 0) is 18.1 Å². The maximum Gasteiger partial charge on any atom is 0.223 e. The first kappa shape index (κ1) is 14.2. The van der Waals surface area contributed by atoms with Crippen molar-refractivity contribution in [2.45, 2.75) is 25.0 Å². The van der Waals surface area contributed by atoms with Gasteiger partial charge in [-0.25, -0.2) is 0 Å². The lowest BCUT2D eigenvalue weighted by Crippen LogP contribution is -2.27. The van der Waals surface area contributed by atoms with Gasteiger partial charge in [0.25, 0.3) is 0 Å². The Hall–Kier alpha value is -1.75. The molecule has 0 bridgehead atoms. The third-order valence-electron chi connectivity index (χ3n) is 3.84. The highest BCUT2D eigenvalue weighted by molar-refractivity contribution is 8.14. The number of H-pyrrole nitrogens is 1. The fourth-order valence-corrected chi connectivity index (χ4v) is 3.81. The van der Waals surface area contributed by atoms with Gasteiger partial charge in [0.2, 0.25) is 5.91 Å². The fraction of sp³-hybridized carbons (Fsp3) is 0.375. The average molecular weight is 302 g/mol. The maximum atomic E-state index is 12.0. The Bertz CT molecular complexity index is 680. The lowest BCUT2D eigenvalue weighted by Gasteiger charge is -2.15. The first-order valence-corrected chi connectivity index (χ1v) is 8.01. The SMILES string of the molecule is CC(=O)SC1CC(=O)N(CCc2c[nH]c3ccccc23)C1. The normalized spacial score (nSPS) is 18.6. The lowest BCUT2D eigenvalue weighted by molar-refractivity contribution is -0.127. The summed E-state index contributed by atoms with van der Waals surface area (Å²) >= 11 is 1.29. The predicted molar refractivity (Wildman–Crippen MR) is 85.3 cm³/mol. The van der Waals surface area contributed by atoms with E-state index < -0.39 is 0 Å². The number of hydrogen-bond donors (Lipinski definition) is 1. The van der Waals surface area contributed by atoms with Gasteiger partial charge in [0.15, 0.2) is 5.12 Å². The Kier molecular flexibility index (Phi) is 4.01. The molecule has 4 nitrogen and oxygen atoms in total. The fourth-order valence-electron chi connectivity index (χ4n) is 2.86. The topological polar surface area (TPSA) is 53.2 Å². The average Bonchev–Trinajstić information content (AvgIpc) is 3.00. The number of nitrogens with one attached hydrogen (secondary N) is 1. The van der Waals surface area contributed by atoms with E-state index in [-0.39, 0.29) is 16.3 Å². The summed E-state index contributed by atoms with van der Waals surface area (Å²) in [6.07, 6.45) is 3.35. The van der Waals surface area contributed by atoms with Gasteiger partial charge < -0.3 is 9.88 Å². The van der Waals surface area contributed by atoms with Crippen LogP contribution in [0.4, 0.5) is 0 Å². The maximum absolute atomic E-state index is 12.0. The van der Waals surface area contributed by atoms with E-state index >= 15 is 0 Å². The van der Waals surface area contributed by atoms with E-state index in [0.717, 1.165) is 18.5 Å². The van der Waals surface area contributed by atoms with Crippen LogP contribution in [0.3, 0.4) is 0 Å². The Morgan fingerprint density at radius 3 is 3.05 bits per heavy atom. The van der Waals surface area contributed by atoms with E-state index in [1.165, 1.54) is 22.7 Å². The van der Waals surface area contributed by atoms with Crippen molar-refractivity contribution in [3.8, 4) is 0 Å². The van der Waals surface area contributed by atoms with Crippen LogP contribution in [-0.2, 0) is 16.0 Å². The van der Waals surface area contributed by atoms with Gasteiger partial charge in [-0.3, -0.25) is 9.59 Å². The molecular weight excluding hydrogens is 284 g/mol. The van der Waals surface area contributed by atoms with E-state index in [4.69, 9.17) is 0 Å². The van der Waals surface area contributed by atoms with Gasteiger partial charge in [0, 0.05) is 48.8 Å². The van der Waals surface area contributed by atoms with Crippen molar-refractivity contribution < 1.29 is 9.59 Å². The van der Waals surface area contributed by atoms with Crippen LogP contribution in [0.2, 0.25) is 0 Å². The highest BCUT2D eigenvalue weighted by Crippen LogP contribution is 2.25. The number of fused-ring (bicyclic) bond motifs is 1. The molecule has 0 radical (unpaired) electrons. The number of aromatic nitrogens is 1. The second kappa shape index (κ2) is 5.93. The van der Waals surface area contributed by atoms with Gasteiger partial charge in [-0.1, -0.05) is 30.0 Å². The number of carbonyl (C=O) groups is 2. The Balaban J connectivity index is 1.63. The highest BCUT2D eigenvalue weighted by atomic mass is 32.2. The highest BCUT2D eigenvalue weighted by Gasteiger charge is 2.30. The van der Waals surface area contributed by atoms with Crippen LogP contribution in [0, 0.1) is 0 Å². The molecule has 3 rings (SSSR count). The molecular formula is C16H18N2O2S. The number of carbonyl (C=O) groups excluding carboxylic acids is 2. The molecule has 1 aromatic carbocycles. The van der Waals surface area contributed by atoms with Crippen LogP contribution in [0.15, 0.2) is 30.5 Å². The van der Waals surface area contributed by atoms with E-state index in [2.05, 4.69) is 17.1 Å². The molecule has 1 aliphatic heterocycles. The van der Waals surface area contributed by atoms with Crippen molar-refractivity contribution >= 4 is 33.7 Å². The molecule has 0 saturated carbocycles. The number of nitrogens with zero attached hydrogens (tertiary/aromatic N) is 1. The number of rotatable bonds is 4. The number of aromatic amines is 1. The van der Waals surface area contributed by atoms with Crippen LogP contribution >= 0.6 is 11.8 Å². The largest absolute Gasteiger partial charge is 0.361 e. The first-order valence-electron chi connectivity index (χ1n) is 7.13. The summed E-state index contributed by atoms with van der Waals surface area (Å²) < 4.78 is 0. The van der Waals surface area contributed by atoms with Gasteiger partial charge in [0.1, 0.15) is 0 Å². The summed E-state index contributed by atoms with van der Waals surface area (Å²) in [6, 6.07) is 8.19. The molecule has 5 heteroatoms. The summed E-state index contributed by atoms with van der Waals surface area (Å²) in [7, 11) is 0. The molecule has 2 aromatic rings. The Morgan fingerprint density at radius 2 is 2.24 bits per heavy atom. The molecule has 1 aliphatic rings. The van der Waals surface area contributed by atoms with Gasteiger partial charge in [0.05, 0.1) is 0 Å². The number of thioether (sulfide) groups is 1. The monoisotopic (exact) mass is 302 g/mol. The van der Waals surface area contributed by atoms with Crippen LogP contribution in [-0.4, -0.2) is 39.2 Å². The Morgan fingerprint density at radius 1 is 1.43 bits per heavy atom. The zero-order chi connectivity index (χ0) is 14.8. The second-order valence-electron chi connectivity index (χ2n) is 5.38. The number of para-hydroxylation sites is 1. The van der Waals surface area contributed by atoms with E-state index in [0.29, 0.717) is 13.0 Å². The second-order valence-corrected chi connectivity index (χ2v) is 6.86. The molecule has 1 N–H and O–H groups in total.